The third kappa shape index (κ3) is 4.56. The largest absolute Gasteiger partial charge is 0.496 e. The van der Waals surface area contributed by atoms with Crippen molar-refractivity contribution in [3.8, 4) is 16.9 Å². The molecule has 0 radical (unpaired) electrons. The first-order chi connectivity index (χ1) is 13.6. The van der Waals surface area contributed by atoms with Gasteiger partial charge in [0.15, 0.2) is 0 Å². The van der Waals surface area contributed by atoms with Crippen molar-refractivity contribution in [3.63, 3.8) is 0 Å². The average Bonchev–Trinajstić information content (AvgIpc) is 2.74. The number of carbonyl (C=O) groups excluding carboxylic acids is 1. The Bertz CT molecular complexity index is 796. The number of nitrogens with one attached hydrogen (secondary N) is 1. The molecule has 28 heavy (non-hydrogen) atoms. The molecule has 4 nitrogen and oxygen atoms in total. The highest BCUT2D eigenvalue weighted by Gasteiger charge is 2.40. The highest BCUT2D eigenvalue weighted by atomic mass is 16.5. The van der Waals surface area contributed by atoms with E-state index in [9.17, 15) is 4.79 Å². The van der Waals surface area contributed by atoms with Crippen molar-refractivity contribution in [2.24, 2.45) is 5.41 Å². The van der Waals surface area contributed by atoms with E-state index in [0.29, 0.717) is 13.2 Å². The molecule has 2 aromatic carbocycles. The minimum Gasteiger partial charge on any atom is -0.496 e. The summed E-state index contributed by atoms with van der Waals surface area (Å²) in [5.41, 5.74) is 2.95. The van der Waals surface area contributed by atoms with Crippen molar-refractivity contribution in [2.45, 2.75) is 45.6 Å². The first-order valence-electron chi connectivity index (χ1n) is 10.2. The SMILES string of the molecule is CCC(C)NC(=O)C1(Cc2cccc(-c3ccccc3OC)c2)CCOCC1. The predicted molar refractivity (Wildman–Crippen MR) is 113 cm³/mol. The standard InChI is InChI=1S/C24H31NO3/c1-4-18(2)25-23(26)24(12-14-28-15-13-24)17-19-8-7-9-20(16-19)21-10-5-6-11-22(21)27-3/h5-11,16,18H,4,12-15,17H2,1-3H3,(H,25,26). The summed E-state index contributed by atoms with van der Waals surface area (Å²) in [4.78, 5) is 13.2. The summed E-state index contributed by atoms with van der Waals surface area (Å²) < 4.78 is 11.1. The minimum absolute atomic E-state index is 0.160. The van der Waals surface area contributed by atoms with Gasteiger partial charge in [-0.05, 0) is 49.8 Å². The number of methoxy groups -OCH3 is 1. The van der Waals surface area contributed by atoms with Gasteiger partial charge in [0.25, 0.3) is 0 Å². The van der Waals surface area contributed by atoms with Gasteiger partial charge in [-0.1, -0.05) is 49.4 Å². The topological polar surface area (TPSA) is 47.6 Å². The average molecular weight is 382 g/mol. The Labute approximate surface area is 168 Å². The zero-order chi connectivity index (χ0) is 20.0. The summed E-state index contributed by atoms with van der Waals surface area (Å²) in [5.74, 6) is 1.02. The number of carbonyl (C=O) groups is 1. The normalized spacial score (nSPS) is 17.0. The highest BCUT2D eigenvalue weighted by Crippen LogP contribution is 2.37. The molecule has 1 N–H and O–H groups in total. The number of ether oxygens (including phenoxy) is 2. The van der Waals surface area contributed by atoms with Gasteiger partial charge in [-0.25, -0.2) is 0 Å². The smallest absolute Gasteiger partial charge is 0.226 e. The summed E-state index contributed by atoms with van der Waals surface area (Å²) in [6.45, 7) is 5.44. The lowest BCUT2D eigenvalue weighted by atomic mass is 9.74. The van der Waals surface area contributed by atoms with Crippen molar-refractivity contribution < 1.29 is 14.3 Å². The zero-order valence-electron chi connectivity index (χ0n) is 17.2. The van der Waals surface area contributed by atoms with Crippen molar-refractivity contribution in [1.29, 1.82) is 0 Å². The summed E-state index contributed by atoms with van der Waals surface area (Å²) in [5, 5.41) is 3.21. The van der Waals surface area contributed by atoms with E-state index >= 15 is 0 Å². The molecular formula is C24H31NO3. The van der Waals surface area contributed by atoms with Crippen LogP contribution in [0.3, 0.4) is 0 Å². The van der Waals surface area contributed by atoms with Gasteiger partial charge in [0.2, 0.25) is 5.91 Å². The lowest BCUT2D eigenvalue weighted by molar-refractivity contribution is -0.137. The number of hydrogen-bond acceptors (Lipinski definition) is 3. The van der Waals surface area contributed by atoms with Crippen LogP contribution in [0.1, 0.15) is 38.7 Å². The number of hydrogen-bond donors (Lipinski definition) is 1. The minimum atomic E-state index is -0.402. The fraction of sp³-hybridized carbons (Fsp3) is 0.458. The Morgan fingerprint density at radius 3 is 2.64 bits per heavy atom. The number of rotatable bonds is 7. The van der Waals surface area contributed by atoms with Crippen LogP contribution in [0.15, 0.2) is 48.5 Å². The van der Waals surface area contributed by atoms with Crippen molar-refractivity contribution in [2.75, 3.05) is 20.3 Å². The van der Waals surface area contributed by atoms with Gasteiger partial charge in [0, 0.05) is 24.8 Å². The molecule has 1 heterocycles. The highest BCUT2D eigenvalue weighted by molar-refractivity contribution is 5.83. The Balaban J connectivity index is 1.88. The number of para-hydroxylation sites is 1. The van der Waals surface area contributed by atoms with E-state index in [1.165, 1.54) is 5.56 Å². The molecule has 0 aromatic heterocycles. The Kier molecular flexibility index (Phi) is 6.74. The quantitative estimate of drug-likeness (QED) is 0.761. The molecule has 1 fully saturated rings. The van der Waals surface area contributed by atoms with Gasteiger partial charge >= 0.3 is 0 Å². The molecule has 0 aliphatic carbocycles. The van der Waals surface area contributed by atoms with E-state index in [0.717, 1.165) is 42.6 Å². The first kappa shape index (κ1) is 20.4. The van der Waals surface area contributed by atoms with Crippen molar-refractivity contribution in [1.82, 2.24) is 5.32 Å². The van der Waals surface area contributed by atoms with Crippen LogP contribution in [0.5, 0.6) is 5.75 Å². The van der Waals surface area contributed by atoms with Crippen LogP contribution in [0, 0.1) is 5.41 Å². The van der Waals surface area contributed by atoms with Crippen LogP contribution in [-0.4, -0.2) is 32.3 Å². The van der Waals surface area contributed by atoms with Crippen LogP contribution in [-0.2, 0) is 16.0 Å². The molecular weight excluding hydrogens is 350 g/mol. The molecule has 3 rings (SSSR count). The Morgan fingerprint density at radius 1 is 1.18 bits per heavy atom. The van der Waals surface area contributed by atoms with Gasteiger partial charge in [-0.3, -0.25) is 4.79 Å². The van der Waals surface area contributed by atoms with Gasteiger partial charge in [-0.15, -0.1) is 0 Å². The maximum atomic E-state index is 13.2. The van der Waals surface area contributed by atoms with Crippen LogP contribution in [0.2, 0.25) is 0 Å². The van der Waals surface area contributed by atoms with Crippen molar-refractivity contribution in [3.05, 3.63) is 54.1 Å². The molecule has 1 aliphatic heterocycles. The van der Waals surface area contributed by atoms with Crippen LogP contribution >= 0.6 is 0 Å². The molecule has 1 amide bonds. The molecule has 1 unspecified atom stereocenters. The van der Waals surface area contributed by atoms with Gasteiger partial charge in [-0.2, -0.15) is 0 Å². The number of amides is 1. The molecule has 1 aliphatic rings. The van der Waals surface area contributed by atoms with E-state index in [2.05, 4.69) is 49.5 Å². The van der Waals surface area contributed by atoms with Gasteiger partial charge in [0.1, 0.15) is 5.75 Å². The van der Waals surface area contributed by atoms with Crippen LogP contribution in [0.4, 0.5) is 0 Å². The lowest BCUT2D eigenvalue weighted by Gasteiger charge is -2.37. The second-order valence-corrected chi connectivity index (χ2v) is 7.75. The van der Waals surface area contributed by atoms with Gasteiger partial charge in [0.05, 0.1) is 12.5 Å². The molecule has 0 bridgehead atoms. The molecule has 1 atom stereocenters. The second kappa shape index (κ2) is 9.24. The predicted octanol–water partition coefficient (Wildman–Crippen LogP) is 4.62. The summed E-state index contributed by atoms with van der Waals surface area (Å²) >= 11 is 0. The third-order valence-corrected chi connectivity index (χ3v) is 5.81. The summed E-state index contributed by atoms with van der Waals surface area (Å²) in [6, 6.07) is 16.7. The van der Waals surface area contributed by atoms with E-state index < -0.39 is 5.41 Å². The van der Waals surface area contributed by atoms with Crippen LogP contribution < -0.4 is 10.1 Å². The maximum absolute atomic E-state index is 13.2. The third-order valence-electron chi connectivity index (χ3n) is 5.81. The Hall–Kier alpha value is -2.33. The van der Waals surface area contributed by atoms with E-state index in [4.69, 9.17) is 9.47 Å². The fourth-order valence-electron chi connectivity index (χ4n) is 3.85. The van der Waals surface area contributed by atoms with E-state index in [-0.39, 0.29) is 11.9 Å². The summed E-state index contributed by atoms with van der Waals surface area (Å²) in [6.07, 6.45) is 3.17. The molecule has 0 saturated carbocycles. The molecule has 0 spiro atoms. The van der Waals surface area contributed by atoms with Crippen molar-refractivity contribution >= 4 is 5.91 Å². The molecule has 2 aromatic rings. The lowest BCUT2D eigenvalue weighted by Crippen LogP contribution is -2.48. The molecule has 150 valence electrons. The van der Waals surface area contributed by atoms with E-state index in [1.54, 1.807) is 7.11 Å². The Morgan fingerprint density at radius 2 is 1.93 bits per heavy atom. The monoisotopic (exact) mass is 381 g/mol. The van der Waals surface area contributed by atoms with Gasteiger partial charge < -0.3 is 14.8 Å². The second-order valence-electron chi connectivity index (χ2n) is 7.75. The molecule has 4 heteroatoms. The molecule has 1 saturated heterocycles. The van der Waals surface area contributed by atoms with E-state index in [1.807, 2.05) is 18.2 Å². The zero-order valence-corrected chi connectivity index (χ0v) is 17.2. The summed E-state index contributed by atoms with van der Waals surface area (Å²) in [7, 11) is 1.69. The maximum Gasteiger partial charge on any atom is 0.226 e. The van der Waals surface area contributed by atoms with Crippen LogP contribution in [0.25, 0.3) is 11.1 Å². The number of benzene rings is 2. The first-order valence-corrected chi connectivity index (χ1v) is 10.2. The fourth-order valence-corrected chi connectivity index (χ4v) is 3.85.